The quantitative estimate of drug-likeness (QED) is 0.154. The first kappa shape index (κ1) is 27.9. The van der Waals surface area contributed by atoms with E-state index in [-0.39, 0.29) is 0 Å². The number of rotatable bonds is 7. The van der Waals surface area contributed by atoms with Gasteiger partial charge in [0, 0.05) is 0 Å². The van der Waals surface area contributed by atoms with Gasteiger partial charge in [-0.1, -0.05) is 0 Å². The predicted octanol–water partition coefficient (Wildman–Crippen LogP) is -7.57. The van der Waals surface area contributed by atoms with E-state index in [0.717, 1.165) is 0 Å². The number of ether oxygens (including phenoxy) is 5. The van der Waals surface area contributed by atoms with E-state index in [2.05, 4.69) is 0 Å². The SMILES string of the molecule is OCC1OC(OC2OC(CO)C(OC3OC(CO)C(O)C(O)C3O)C(O)C2O)C(O)C(O)C1O. The number of hydrogen-bond acceptors (Lipinski definition) is 16. The standard InChI is InChI=1S/C18H32O16/c19-1-4-7(22)9(24)12(27)16(30-4)33-15-6(3-21)32-18(14(29)11(15)26)34-17-13(28)10(25)8(23)5(2-20)31-17/h4-29H,1-3H2. The number of hydrogen-bond donors (Lipinski definition) is 11. The molecule has 0 spiro atoms. The van der Waals surface area contributed by atoms with Crippen molar-refractivity contribution < 1.29 is 79.9 Å². The van der Waals surface area contributed by atoms with E-state index in [4.69, 9.17) is 23.7 Å². The van der Waals surface area contributed by atoms with E-state index < -0.39 is 112 Å². The highest BCUT2D eigenvalue weighted by atomic mass is 16.8. The third-order valence-electron chi connectivity index (χ3n) is 6.08. The Kier molecular flexibility index (Phi) is 9.54. The third-order valence-corrected chi connectivity index (χ3v) is 6.08. The van der Waals surface area contributed by atoms with E-state index in [9.17, 15) is 56.2 Å². The molecule has 34 heavy (non-hydrogen) atoms. The smallest absolute Gasteiger partial charge is 0.189 e. The van der Waals surface area contributed by atoms with Crippen LogP contribution >= 0.6 is 0 Å². The van der Waals surface area contributed by atoms with Crippen LogP contribution < -0.4 is 0 Å². The van der Waals surface area contributed by atoms with Gasteiger partial charge in [0.05, 0.1) is 19.8 Å². The van der Waals surface area contributed by atoms with E-state index in [1.165, 1.54) is 0 Å². The number of aliphatic hydroxyl groups excluding tert-OH is 11. The summed E-state index contributed by atoms with van der Waals surface area (Å²) >= 11 is 0. The lowest BCUT2D eigenvalue weighted by molar-refractivity contribution is -0.391. The molecule has 16 nitrogen and oxygen atoms in total. The zero-order valence-corrected chi connectivity index (χ0v) is 17.7. The Morgan fingerprint density at radius 2 is 0.765 bits per heavy atom. The van der Waals surface area contributed by atoms with Gasteiger partial charge in [0.2, 0.25) is 0 Å². The first-order chi connectivity index (χ1) is 16.0. The lowest BCUT2D eigenvalue weighted by Crippen LogP contribution is -2.66. The molecule has 0 aliphatic carbocycles. The van der Waals surface area contributed by atoms with Gasteiger partial charge in [0.1, 0.15) is 73.2 Å². The molecule has 0 amide bonds. The summed E-state index contributed by atoms with van der Waals surface area (Å²) in [6, 6.07) is 0. The van der Waals surface area contributed by atoms with Crippen molar-refractivity contribution in [2.45, 2.75) is 92.1 Å². The predicted molar refractivity (Wildman–Crippen MR) is 101 cm³/mol. The highest BCUT2D eigenvalue weighted by molar-refractivity contribution is 4.95. The fraction of sp³-hybridized carbons (Fsp3) is 1.00. The molecule has 15 atom stereocenters. The molecule has 3 rings (SSSR count). The molecule has 11 N–H and O–H groups in total. The zero-order chi connectivity index (χ0) is 25.3. The van der Waals surface area contributed by atoms with Crippen molar-refractivity contribution in [1.29, 1.82) is 0 Å². The summed E-state index contributed by atoms with van der Waals surface area (Å²) in [6.45, 7) is -2.30. The maximum Gasteiger partial charge on any atom is 0.189 e. The molecule has 3 fully saturated rings. The summed E-state index contributed by atoms with van der Waals surface area (Å²) in [5, 5.41) is 109. The molecule has 3 heterocycles. The first-order valence-corrected chi connectivity index (χ1v) is 10.6. The molecular formula is C18H32O16. The molecule has 16 heteroatoms. The van der Waals surface area contributed by atoms with Crippen LogP contribution in [0.2, 0.25) is 0 Å². The lowest BCUT2D eigenvalue weighted by Gasteiger charge is -2.47. The Bertz CT molecular complexity index is 635. The van der Waals surface area contributed by atoms with Crippen molar-refractivity contribution in [2.75, 3.05) is 19.8 Å². The second-order valence-corrected chi connectivity index (χ2v) is 8.34. The van der Waals surface area contributed by atoms with Crippen molar-refractivity contribution in [3.63, 3.8) is 0 Å². The van der Waals surface area contributed by atoms with Gasteiger partial charge in [0.25, 0.3) is 0 Å². The highest BCUT2D eigenvalue weighted by Crippen LogP contribution is 2.31. The first-order valence-electron chi connectivity index (χ1n) is 10.6. The summed E-state index contributed by atoms with van der Waals surface area (Å²) in [7, 11) is 0. The normalized spacial score (nSPS) is 52.5. The van der Waals surface area contributed by atoms with Crippen LogP contribution in [0.1, 0.15) is 0 Å². The largest absolute Gasteiger partial charge is 0.394 e. The van der Waals surface area contributed by atoms with Crippen LogP contribution in [0.25, 0.3) is 0 Å². The lowest BCUT2D eigenvalue weighted by atomic mass is 9.96. The van der Waals surface area contributed by atoms with Crippen LogP contribution in [0.5, 0.6) is 0 Å². The van der Waals surface area contributed by atoms with Crippen LogP contribution in [-0.4, -0.2) is 168 Å². The van der Waals surface area contributed by atoms with E-state index >= 15 is 0 Å². The fourth-order valence-corrected chi connectivity index (χ4v) is 3.98. The minimum absolute atomic E-state index is 0.740. The molecule has 0 saturated carbocycles. The molecule has 0 aromatic rings. The second kappa shape index (κ2) is 11.6. The van der Waals surface area contributed by atoms with Gasteiger partial charge >= 0.3 is 0 Å². The van der Waals surface area contributed by atoms with Crippen molar-refractivity contribution in [3.05, 3.63) is 0 Å². The average molecular weight is 504 g/mol. The maximum absolute atomic E-state index is 10.6. The minimum Gasteiger partial charge on any atom is -0.394 e. The average Bonchev–Trinajstić information content (AvgIpc) is 2.83. The van der Waals surface area contributed by atoms with Crippen molar-refractivity contribution in [1.82, 2.24) is 0 Å². The van der Waals surface area contributed by atoms with Gasteiger partial charge < -0.3 is 79.9 Å². The van der Waals surface area contributed by atoms with Gasteiger partial charge in [-0.05, 0) is 0 Å². The Balaban J connectivity index is 1.69. The van der Waals surface area contributed by atoms with Crippen LogP contribution in [0.15, 0.2) is 0 Å². The molecule has 200 valence electrons. The van der Waals surface area contributed by atoms with E-state index in [1.54, 1.807) is 0 Å². The molecule has 3 aliphatic rings. The summed E-state index contributed by atoms with van der Waals surface area (Å²) in [4.78, 5) is 0. The van der Waals surface area contributed by atoms with E-state index in [1.807, 2.05) is 0 Å². The van der Waals surface area contributed by atoms with Gasteiger partial charge in [0.15, 0.2) is 18.9 Å². The Labute approximate surface area is 192 Å². The summed E-state index contributed by atoms with van der Waals surface area (Å²) in [5.41, 5.74) is 0. The van der Waals surface area contributed by atoms with Crippen molar-refractivity contribution in [2.24, 2.45) is 0 Å². The van der Waals surface area contributed by atoms with Gasteiger partial charge in [-0.2, -0.15) is 0 Å². The topological polar surface area (TPSA) is 269 Å². The Morgan fingerprint density at radius 1 is 0.412 bits per heavy atom. The maximum atomic E-state index is 10.6. The van der Waals surface area contributed by atoms with Crippen LogP contribution in [-0.2, 0) is 23.7 Å². The van der Waals surface area contributed by atoms with Crippen LogP contribution in [0, 0.1) is 0 Å². The molecule has 0 radical (unpaired) electrons. The summed E-state index contributed by atoms with van der Waals surface area (Å²) in [5.74, 6) is 0. The monoisotopic (exact) mass is 504 g/mol. The molecule has 3 aliphatic heterocycles. The zero-order valence-electron chi connectivity index (χ0n) is 17.7. The van der Waals surface area contributed by atoms with Gasteiger partial charge in [-0.25, -0.2) is 0 Å². The van der Waals surface area contributed by atoms with E-state index in [0.29, 0.717) is 0 Å². The van der Waals surface area contributed by atoms with Crippen LogP contribution in [0.3, 0.4) is 0 Å². The van der Waals surface area contributed by atoms with Gasteiger partial charge in [-0.3, -0.25) is 0 Å². The Hall–Kier alpha value is -0.640. The molecule has 3 saturated heterocycles. The van der Waals surface area contributed by atoms with Crippen LogP contribution in [0.4, 0.5) is 0 Å². The Morgan fingerprint density at radius 3 is 1.18 bits per heavy atom. The molecular weight excluding hydrogens is 472 g/mol. The molecule has 0 aromatic heterocycles. The second-order valence-electron chi connectivity index (χ2n) is 8.34. The fourth-order valence-electron chi connectivity index (χ4n) is 3.98. The molecule has 15 unspecified atom stereocenters. The highest BCUT2D eigenvalue weighted by Gasteiger charge is 2.52. The number of aliphatic hydroxyl groups is 11. The third kappa shape index (κ3) is 5.37. The van der Waals surface area contributed by atoms with Crippen molar-refractivity contribution >= 4 is 0 Å². The molecule has 0 bridgehead atoms. The van der Waals surface area contributed by atoms with Gasteiger partial charge in [-0.15, -0.1) is 0 Å². The summed E-state index contributed by atoms with van der Waals surface area (Å²) in [6.07, 6.45) is -25.1. The van der Waals surface area contributed by atoms with Crippen molar-refractivity contribution in [3.8, 4) is 0 Å². The summed E-state index contributed by atoms with van der Waals surface area (Å²) < 4.78 is 26.5. The minimum atomic E-state index is -1.91. The molecule has 0 aromatic carbocycles.